The molecule has 0 aromatic carbocycles. The molecule has 4 aliphatic rings. The molecule has 22 nitrogen and oxygen atoms in total. The Morgan fingerprint density at radius 2 is 1.07 bits per heavy atom. The molecule has 0 amide bonds. The minimum Gasteiger partial charge on any atom is -0.479 e. The molecule has 0 aromatic heterocycles. The fourth-order valence-electron chi connectivity index (χ4n) is 5.43. The van der Waals surface area contributed by atoms with Crippen LogP contribution >= 0.6 is 0 Å². The predicted octanol–water partition coefficient (Wildman–Crippen LogP) is -9.69. The van der Waals surface area contributed by atoms with Gasteiger partial charge in [-0.3, -0.25) is 0 Å². The van der Waals surface area contributed by atoms with Gasteiger partial charge in [0.05, 0.1) is 25.9 Å². The van der Waals surface area contributed by atoms with E-state index < -0.39 is 149 Å². The van der Waals surface area contributed by atoms with Crippen molar-refractivity contribution < 1.29 is 104 Å². The highest BCUT2D eigenvalue weighted by Gasteiger charge is 2.54. The van der Waals surface area contributed by atoms with Gasteiger partial charge in [0, 0.05) is 0 Å². The Hall–Kier alpha value is -1.33. The number of aliphatic hydroxyl groups is 12. The third kappa shape index (κ3) is 7.46. The van der Waals surface area contributed by atoms with Crippen LogP contribution < -0.4 is 5.73 Å². The maximum atomic E-state index is 11.7. The Morgan fingerprint density at radius 1 is 0.565 bits per heavy atom. The van der Waals surface area contributed by atoms with Gasteiger partial charge in [-0.1, -0.05) is 0 Å². The summed E-state index contributed by atoms with van der Waals surface area (Å²) in [6.45, 7) is -2.42. The zero-order valence-electron chi connectivity index (χ0n) is 23.8. The largest absolute Gasteiger partial charge is 0.479 e. The van der Waals surface area contributed by atoms with E-state index in [1.54, 1.807) is 0 Å². The zero-order valence-corrected chi connectivity index (χ0v) is 23.8. The summed E-state index contributed by atoms with van der Waals surface area (Å²) in [7, 11) is 0. The van der Waals surface area contributed by atoms with Gasteiger partial charge in [0.1, 0.15) is 85.5 Å². The molecule has 4 rings (SSSR count). The molecule has 0 radical (unpaired) electrons. The molecule has 0 saturated carbocycles. The molecule has 4 aliphatic heterocycles. The summed E-state index contributed by atoms with van der Waals surface area (Å²) in [4.78, 5) is 11.7. The molecule has 4 unspecified atom stereocenters. The monoisotopic (exact) mass is 679 g/mol. The number of aliphatic carboxylic acids is 1. The van der Waals surface area contributed by atoms with Crippen LogP contribution in [0.3, 0.4) is 0 Å². The zero-order chi connectivity index (χ0) is 34.2. The van der Waals surface area contributed by atoms with Crippen LogP contribution in [0.1, 0.15) is 0 Å². The normalized spacial score (nSPS) is 51.9. The first-order valence-corrected chi connectivity index (χ1v) is 14.2. The second-order valence-electron chi connectivity index (χ2n) is 11.3. The van der Waals surface area contributed by atoms with Crippen molar-refractivity contribution >= 4 is 5.97 Å². The topological polar surface area (TPSA) is 371 Å². The van der Waals surface area contributed by atoms with Gasteiger partial charge in [-0.05, 0) is 0 Å². The van der Waals surface area contributed by atoms with E-state index in [1.807, 2.05) is 0 Å². The van der Waals surface area contributed by atoms with Crippen molar-refractivity contribution in [1.82, 2.24) is 0 Å². The summed E-state index contributed by atoms with van der Waals surface area (Å²) in [6.07, 6.45) is -34.7. The Bertz CT molecular complexity index is 995. The molecular formula is C24H41NO21. The van der Waals surface area contributed by atoms with Crippen molar-refractivity contribution in [3.63, 3.8) is 0 Å². The van der Waals surface area contributed by atoms with Crippen LogP contribution in [-0.4, -0.2) is 215 Å². The van der Waals surface area contributed by atoms with E-state index in [9.17, 15) is 71.2 Å². The van der Waals surface area contributed by atoms with E-state index in [1.165, 1.54) is 0 Å². The van der Waals surface area contributed by atoms with Crippen LogP contribution in [0.2, 0.25) is 0 Å². The number of carboxylic acids is 1. The fraction of sp³-hybridized carbons (Fsp3) is 0.958. The van der Waals surface area contributed by atoms with Crippen molar-refractivity contribution in [2.45, 2.75) is 123 Å². The number of hydrogen-bond acceptors (Lipinski definition) is 21. The van der Waals surface area contributed by atoms with Crippen LogP contribution in [-0.2, 0) is 38.0 Å². The average molecular weight is 680 g/mol. The van der Waals surface area contributed by atoms with Gasteiger partial charge >= 0.3 is 5.97 Å². The summed E-state index contributed by atoms with van der Waals surface area (Å²) < 4.78 is 37.7. The minimum atomic E-state index is -2.09. The number of nitrogens with two attached hydrogens (primary N) is 1. The lowest BCUT2D eigenvalue weighted by atomic mass is 9.96. The number of aliphatic hydroxyl groups excluding tert-OH is 12. The first-order valence-electron chi connectivity index (χ1n) is 14.2. The van der Waals surface area contributed by atoms with E-state index >= 15 is 0 Å². The lowest BCUT2D eigenvalue weighted by Gasteiger charge is -2.47. The van der Waals surface area contributed by atoms with E-state index in [2.05, 4.69) is 0 Å². The highest BCUT2D eigenvalue weighted by molar-refractivity contribution is 5.73. The highest BCUT2D eigenvalue weighted by Crippen LogP contribution is 2.32. The molecule has 4 fully saturated rings. The number of hydrogen-bond donors (Lipinski definition) is 14. The van der Waals surface area contributed by atoms with Gasteiger partial charge in [-0.25, -0.2) is 4.79 Å². The summed E-state index contributed by atoms with van der Waals surface area (Å²) in [5, 5.41) is 131. The molecule has 0 aliphatic carbocycles. The molecule has 22 heteroatoms. The third-order valence-electron chi connectivity index (χ3n) is 8.24. The van der Waals surface area contributed by atoms with Gasteiger partial charge in [0.2, 0.25) is 0 Å². The summed E-state index contributed by atoms with van der Waals surface area (Å²) >= 11 is 0. The number of ether oxygens (including phenoxy) is 7. The standard InChI is InChI=1S/C24H41NO21/c25-7-11(31)10(30)6(43-22(7)45-17-14(34)15(35)21(39)44-19(17)20(37)38)3-40-24-18(13(33)9(29)5(2-27)42-24)46-23-16(36)12(32)8(28)4(1-26)41-23/h4-19,21-24,26-36,39H,1-3,25H2,(H,37,38)/t4-,5-,6-,7-,8-,9+,10-,11-,12+,13+,14-,15-,16+,17+,18-,19+,21?,22?,23?,24?/m1/s1. The van der Waals surface area contributed by atoms with Crippen LogP contribution in [0.15, 0.2) is 0 Å². The SMILES string of the molecule is N[C@H]1C(O[C@H]2[C@H](O)[C@@H](O)C(O)O[C@@H]2C(=O)O)O[C@H](COC2O[C@H](CO)[C@H](O)[C@H](O)[C@H]2OC2O[C@H](CO)[C@@H](O)[C@H](O)[C@@H]2O)[C@@H](O)[C@@H]1O. The van der Waals surface area contributed by atoms with Crippen LogP contribution in [0.4, 0.5) is 0 Å². The number of carboxylic acid groups (broad SMARTS) is 1. The molecule has 0 bridgehead atoms. The first-order chi connectivity index (χ1) is 21.6. The van der Waals surface area contributed by atoms with Crippen molar-refractivity contribution in [2.75, 3.05) is 19.8 Å². The number of rotatable bonds is 10. The molecule has 0 spiro atoms. The molecular weight excluding hydrogens is 638 g/mol. The van der Waals surface area contributed by atoms with Gasteiger partial charge in [0.15, 0.2) is 31.3 Å². The Kier molecular flexibility index (Phi) is 12.6. The lowest BCUT2D eigenvalue weighted by Crippen LogP contribution is -2.67. The van der Waals surface area contributed by atoms with Crippen LogP contribution in [0.5, 0.6) is 0 Å². The van der Waals surface area contributed by atoms with Crippen molar-refractivity contribution in [1.29, 1.82) is 0 Å². The van der Waals surface area contributed by atoms with E-state index in [-0.39, 0.29) is 0 Å². The van der Waals surface area contributed by atoms with Crippen molar-refractivity contribution in [2.24, 2.45) is 5.73 Å². The smallest absolute Gasteiger partial charge is 0.335 e. The quantitative estimate of drug-likeness (QED) is 0.102. The predicted molar refractivity (Wildman–Crippen MR) is 136 cm³/mol. The molecule has 268 valence electrons. The summed E-state index contributed by atoms with van der Waals surface area (Å²) in [6, 6.07) is -1.58. The molecule has 4 heterocycles. The van der Waals surface area contributed by atoms with Crippen LogP contribution in [0.25, 0.3) is 0 Å². The molecule has 46 heavy (non-hydrogen) atoms. The maximum absolute atomic E-state index is 11.7. The second kappa shape index (κ2) is 15.5. The lowest BCUT2D eigenvalue weighted by molar-refractivity contribution is -0.373. The van der Waals surface area contributed by atoms with E-state index in [4.69, 9.17) is 38.9 Å². The van der Waals surface area contributed by atoms with Gasteiger partial charge in [0.25, 0.3) is 0 Å². The van der Waals surface area contributed by atoms with Gasteiger partial charge in [-0.15, -0.1) is 0 Å². The van der Waals surface area contributed by atoms with E-state index in [0.717, 1.165) is 0 Å². The Labute approximate surface area is 259 Å². The second-order valence-corrected chi connectivity index (χ2v) is 11.3. The molecule has 20 atom stereocenters. The Morgan fingerprint density at radius 3 is 1.65 bits per heavy atom. The highest BCUT2D eigenvalue weighted by atomic mass is 16.8. The van der Waals surface area contributed by atoms with Crippen molar-refractivity contribution in [3.05, 3.63) is 0 Å². The average Bonchev–Trinajstić information content (AvgIpc) is 3.03. The first kappa shape index (κ1) is 37.5. The van der Waals surface area contributed by atoms with Crippen LogP contribution in [0, 0.1) is 0 Å². The van der Waals surface area contributed by atoms with Crippen molar-refractivity contribution in [3.8, 4) is 0 Å². The van der Waals surface area contributed by atoms with Gasteiger partial charge in [-0.2, -0.15) is 0 Å². The van der Waals surface area contributed by atoms with Gasteiger partial charge < -0.3 is 105 Å². The molecule has 0 aromatic rings. The maximum Gasteiger partial charge on any atom is 0.335 e. The third-order valence-corrected chi connectivity index (χ3v) is 8.24. The Balaban J connectivity index is 1.49. The number of carbonyl (C=O) groups is 1. The molecule has 15 N–H and O–H groups in total. The minimum absolute atomic E-state index is 0.765. The summed E-state index contributed by atoms with van der Waals surface area (Å²) in [5.74, 6) is -1.71. The molecule has 4 saturated heterocycles. The van der Waals surface area contributed by atoms with E-state index in [0.29, 0.717) is 0 Å². The summed E-state index contributed by atoms with van der Waals surface area (Å²) in [5.41, 5.74) is 5.90. The fourth-order valence-corrected chi connectivity index (χ4v) is 5.43.